The summed E-state index contributed by atoms with van der Waals surface area (Å²) in [6, 6.07) is 3.63. The van der Waals surface area contributed by atoms with Gasteiger partial charge in [0.15, 0.2) is 5.69 Å². The molecule has 1 aromatic heterocycles. The molecule has 0 bridgehead atoms. The Labute approximate surface area is 127 Å². The molecule has 0 fully saturated rings. The van der Waals surface area contributed by atoms with Crippen LogP contribution in [0.4, 0.5) is 4.39 Å². The second kappa shape index (κ2) is 5.84. The van der Waals surface area contributed by atoms with Crippen LogP contribution in [0, 0.1) is 19.7 Å². The Morgan fingerprint density at radius 2 is 2.05 bits per heavy atom. The molecule has 9 heteroatoms. The highest BCUT2D eigenvalue weighted by Gasteiger charge is 2.25. The first kappa shape index (κ1) is 16.1. The van der Waals surface area contributed by atoms with Crippen molar-refractivity contribution in [2.45, 2.75) is 32.2 Å². The van der Waals surface area contributed by atoms with E-state index in [0.29, 0.717) is 17.8 Å². The van der Waals surface area contributed by atoms with Crippen LogP contribution in [0.1, 0.15) is 28.7 Å². The van der Waals surface area contributed by atoms with Crippen molar-refractivity contribution >= 4 is 15.9 Å². The summed E-state index contributed by atoms with van der Waals surface area (Å²) < 4.78 is 41.2. The number of halogens is 1. The van der Waals surface area contributed by atoms with Crippen LogP contribution in [0.5, 0.6) is 0 Å². The van der Waals surface area contributed by atoms with Crippen LogP contribution < -0.4 is 4.72 Å². The molecule has 22 heavy (non-hydrogen) atoms. The van der Waals surface area contributed by atoms with E-state index in [1.54, 1.807) is 18.6 Å². The molecule has 1 heterocycles. The van der Waals surface area contributed by atoms with E-state index >= 15 is 0 Å². The Morgan fingerprint density at radius 3 is 2.59 bits per heavy atom. The van der Waals surface area contributed by atoms with Gasteiger partial charge in [-0.15, -0.1) is 5.10 Å². The van der Waals surface area contributed by atoms with E-state index in [4.69, 9.17) is 0 Å². The van der Waals surface area contributed by atoms with Crippen molar-refractivity contribution in [2.75, 3.05) is 0 Å². The second-order valence-electron chi connectivity index (χ2n) is 4.71. The number of nitrogens with one attached hydrogen (secondary N) is 1. The number of carbonyl (C=O) groups is 1. The minimum atomic E-state index is -4.32. The van der Waals surface area contributed by atoms with E-state index in [9.17, 15) is 17.6 Å². The zero-order chi connectivity index (χ0) is 16.5. The lowest BCUT2D eigenvalue weighted by molar-refractivity contribution is 0.0976. The second-order valence-corrected chi connectivity index (χ2v) is 6.36. The largest absolute Gasteiger partial charge is 0.287 e. The molecule has 0 radical (unpaired) electrons. The molecule has 0 atom stereocenters. The number of benzene rings is 1. The molecular weight excluding hydrogens is 311 g/mol. The fraction of sp³-hybridized carbons (Fsp3) is 0.308. The number of sulfonamides is 1. The molecule has 2 rings (SSSR count). The van der Waals surface area contributed by atoms with Gasteiger partial charge in [0, 0.05) is 6.54 Å². The van der Waals surface area contributed by atoms with Crippen LogP contribution in [0.15, 0.2) is 23.1 Å². The van der Waals surface area contributed by atoms with Gasteiger partial charge < -0.3 is 0 Å². The maximum Gasteiger partial charge on any atom is 0.287 e. The van der Waals surface area contributed by atoms with Crippen molar-refractivity contribution in [3.8, 4) is 0 Å². The summed E-state index contributed by atoms with van der Waals surface area (Å²) in [6.45, 7) is 5.52. The molecule has 0 spiro atoms. The predicted molar refractivity (Wildman–Crippen MR) is 76.2 cm³/mol. The Hall–Kier alpha value is -2.29. The molecule has 0 saturated carbocycles. The lowest BCUT2D eigenvalue weighted by Gasteiger charge is -2.07. The highest BCUT2D eigenvalue weighted by Crippen LogP contribution is 2.16. The monoisotopic (exact) mass is 326 g/mol. The Balaban J connectivity index is 2.32. The van der Waals surface area contributed by atoms with Gasteiger partial charge in [-0.3, -0.25) is 4.79 Å². The van der Waals surface area contributed by atoms with Gasteiger partial charge in [0.2, 0.25) is 0 Å². The number of nitrogens with zero attached hydrogens (tertiary/aromatic N) is 3. The number of carbonyl (C=O) groups excluding carboxylic acids is 1. The van der Waals surface area contributed by atoms with Crippen molar-refractivity contribution in [1.29, 1.82) is 0 Å². The van der Waals surface area contributed by atoms with E-state index in [1.807, 2.05) is 6.92 Å². The van der Waals surface area contributed by atoms with Crippen molar-refractivity contribution in [3.05, 3.63) is 41.0 Å². The highest BCUT2D eigenvalue weighted by molar-refractivity contribution is 7.90. The minimum absolute atomic E-state index is 0.113. The topological polar surface area (TPSA) is 93.9 Å². The number of aryl methyl sites for hydroxylation is 2. The first-order chi connectivity index (χ1) is 10.3. The van der Waals surface area contributed by atoms with Crippen molar-refractivity contribution in [3.63, 3.8) is 0 Å². The Kier molecular flexibility index (Phi) is 4.27. The van der Waals surface area contributed by atoms with E-state index in [-0.39, 0.29) is 5.69 Å². The van der Waals surface area contributed by atoms with Gasteiger partial charge in [-0.05, 0) is 38.5 Å². The number of aromatic nitrogens is 3. The summed E-state index contributed by atoms with van der Waals surface area (Å²) in [5, 5.41) is 7.37. The fourth-order valence-electron chi connectivity index (χ4n) is 1.92. The average molecular weight is 326 g/mol. The fourth-order valence-corrected chi connectivity index (χ4v) is 2.93. The third-order valence-corrected chi connectivity index (χ3v) is 4.47. The lowest BCUT2D eigenvalue weighted by Crippen LogP contribution is -2.32. The maximum absolute atomic E-state index is 13.8. The zero-order valence-electron chi connectivity index (χ0n) is 12.3. The third kappa shape index (κ3) is 2.98. The smallest absolute Gasteiger partial charge is 0.266 e. The molecule has 118 valence electrons. The van der Waals surface area contributed by atoms with Crippen LogP contribution >= 0.6 is 0 Å². The van der Waals surface area contributed by atoms with Gasteiger partial charge in [0.1, 0.15) is 10.7 Å². The van der Waals surface area contributed by atoms with E-state index in [0.717, 1.165) is 12.1 Å². The molecule has 0 aliphatic heterocycles. The van der Waals surface area contributed by atoms with E-state index < -0.39 is 26.6 Å². The van der Waals surface area contributed by atoms with Gasteiger partial charge in [0.05, 0.1) is 5.69 Å². The number of rotatable bonds is 4. The van der Waals surface area contributed by atoms with E-state index in [1.165, 1.54) is 10.7 Å². The van der Waals surface area contributed by atoms with Crippen molar-refractivity contribution in [1.82, 2.24) is 19.7 Å². The maximum atomic E-state index is 13.8. The predicted octanol–water partition coefficient (Wildman–Crippen LogP) is 1.17. The lowest BCUT2D eigenvalue weighted by atomic mass is 10.2. The molecule has 0 aliphatic rings. The summed E-state index contributed by atoms with van der Waals surface area (Å²) in [7, 11) is -4.32. The standard InChI is InChI=1S/C13H15FN4O3S/c1-4-18-9(3)12(15-17-18)13(19)16-22(20,21)11-6-5-8(2)7-10(11)14/h5-7H,4H2,1-3H3,(H,16,19). The molecule has 0 saturated heterocycles. The normalized spacial score (nSPS) is 11.5. The van der Waals surface area contributed by atoms with Crippen LogP contribution in [-0.4, -0.2) is 29.3 Å². The molecule has 2 aromatic rings. The SMILES string of the molecule is CCn1nnc(C(=O)NS(=O)(=O)c2ccc(C)cc2F)c1C. The summed E-state index contributed by atoms with van der Waals surface area (Å²) in [5.41, 5.74) is 0.891. The molecule has 0 aliphatic carbocycles. The van der Waals surface area contributed by atoms with Crippen LogP contribution in [0.2, 0.25) is 0 Å². The molecular formula is C13H15FN4O3S. The van der Waals surface area contributed by atoms with Gasteiger partial charge in [-0.25, -0.2) is 22.2 Å². The Morgan fingerprint density at radius 1 is 1.36 bits per heavy atom. The van der Waals surface area contributed by atoms with Crippen LogP contribution in [0.3, 0.4) is 0 Å². The molecule has 1 amide bonds. The summed E-state index contributed by atoms with van der Waals surface area (Å²) in [5.74, 6) is -1.87. The Bertz CT molecular complexity index is 830. The zero-order valence-corrected chi connectivity index (χ0v) is 13.1. The van der Waals surface area contributed by atoms with Gasteiger partial charge in [-0.2, -0.15) is 0 Å². The molecule has 7 nitrogen and oxygen atoms in total. The number of amides is 1. The minimum Gasteiger partial charge on any atom is -0.266 e. The first-order valence-corrected chi connectivity index (χ1v) is 7.98. The van der Waals surface area contributed by atoms with Crippen molar-refractivity contribution < 1.29 is 17.6 Å². The van der Waals surface area contributed by atoms with E-state index in [2.05, 4.69) is 10.3 Å². The van der Waals surface area contributed by atoms with Gasteiger partial charge in [0.25, 0.3) is 15.9 Å². The van der Waals surface area contributed by atoms with Crippen molar-refractivity contribution in [2.24, 2.45) is 0 Å². The summed E-state index contributed by atoms with van der Waals surface area (Å²) >= 11 is 0. The number of hydrogen-bond acceptors (Lipinski definition) is 5. The third-order valence-electron chi connectivity index (χ3n) is 3.10. The number of hydrogen-bond donors (Lipinski definition) is 1. The summed E-state index contributed by atoms with van der Waals surface area (Å²) in [6.07, 6.45) is 0. The quantitative estimate of drug-likeness (QED) is 0.910. The van der Waals surface area contributed by atoms with Gasteiger partial charge >= 0.3 is 0 Å². The molecule has 1 N–H and O–H groups in total. The first-order valence-electron chi connectivity index (χ1n) is 6.49. The van der Waals surface area contributed by atoms with Crippen LogP contribution in [-0.2, 0) is 16.6 Å². The van der Waals surface area contributed by atoms with Gasteiger partial charge in [-0.1, -0.05) is 11.3 Å². The van der Waals surface area contributed by atoms with Crippen LogP contribution in [0.25, 0.3) is 0 Å². The average Bonchev–Trinajstić information content (AvgIpc) is 2.78. The highest BCUT2D eigenvalue weighted by atomic mass is 32.2. The molecule has 0 unspecified atom stereocenters. The summed E-state index contributed by atoms with van der Waals surface area (Å²) in [4.78, 5) is 11.4. The molecule has 1 aromatic carbocycles.